The third kappa shape index (κ3) is 1.89. The largest absolute Gasteiger partial charge is 0.356 e. The fourth-order valence-corrected chi connectivity index (χ4v) is 3.86. The average molecular weight is 316 g/mol. The van der Waals surface area contributed by atoms with Crippen molar-refractivity contribution >= 4 is 33.4 Å². The molecule has 2 aliphatic rings. The van der Waals surface area contributed by atoms with E-state index in [1.807, 2.05) is 0 Å². The number of carbonyl (C=O) groups is 2. The number of fused-ring (bicyclic) bond motifs is 1. The summed E-state index contributed by atoms with van der Waals surface area (Å²) in [4.78, 5) is 30.7. The molecular formula is C15H14N4O2S. The van der Waals surface area contributed by atoms with E-state index < -0.39 is 5.54 Å². The molecule has 0 bridgehead atoms. The lowest BCUT2D eigenvalue weighted by Crippen LogP contribution is -2.49. The zero-order chi connectivity index (χ0) is 16.2. The first-order valence-corrected chi connectivity index (χ1v) is 7.73. The molecule has 22 heavy (non-hydrogen) atoms. The molecule has 0 saturated carbocycles. The summed E-state index contributed by atoms with van der Waals surface area (Å²) >= 11 is 1.31. The van der Waals surface area contributed by atoms with Gasteiger partial charge in [0.15, 0.2) is 5.01 Å². The maximum absolute atomic E-state index is 12.7. The molecule has 1 unspecified atom stereocenters. The topological polar surface area (TPSA) is 74.3 Å². The van der Waals surface area contributed by atoms with Crippen LogP contribution in [-0.4, -0.2) is 40.3 Å². The Balaban J connectivity index is 1.59. The van der Waals surface area contributed by atoms with Crippen LogP contribution in [0.1, 0.15) is 17.6 Å². The number of benzene rings is 1. The summed E-state index contributed by atoms with van der Waals surface area (Å²) in [7, 11) is 0. The van der Waals surface area contributed by atoms with Crippen LogP contribution in [0.4, 0.5) is 0 Å². The zero-order valence-corrected chi connectivity index (χ0v) is 12.5. The van der Waals surface area contributed by atoms with Crippen molar-refractivity contribution in [2.75, 3.05) is 13.1 Å². The summed E-state index contributed by atoms with van der Waals surface area (Å²) in [6.45, 7) is 4.51. The van der Waals surface area contributed by atoms with Gasteiger partial charge in [0, 0.05) is 6.54 Å². The molecule has 1 atom stereocenters. The molecule has 1 aromatic carbocycles. The molecule has 2 aliphatic heterocycles. The minimum Gasteiger partial charge on any atom is -0.356 e. The van der Waals surface area contributed by atoms with E-state index in [0.29, 0.717) is 41.9 Å². The van der Waals surface area contributed by atoms with Crippen molar-refractivity contribution in [2.45, 2.75) is 12.0 Å². The lowest BCUT2D eigenvalue weighted by atomic mass is 9.99. The minimum atomic E-state index is -0.766. The first kappa shape index (κ1) is 12.2. The number of nitrogens with one attached hydrogen (secondary N) is 2. The third-order valence-electron chi connectivity index (χ3n) is 4.06. The van der Waals surface area contributed by atoms with Gasteiger partial charge in [-0.25, -0.2) is 4.98 Å². The molecule has 2 aromatic rings. The molecule has 3 heterocycles. The number of aromatic nitrogens is 1. The highest BCUT2D eigenvalue weighted by Gasteiger charge is 2.50. The van der Waals surface area contributed by atoms with Crippen LogP contribution in [0.5, 0.6) is 0 Å². The second-order valence-electron chi connectivity index (χ2n) is 5.53. The van der Waals surface area contributed by atoms with Gasteiger partial charge >= 0.3 is 0 Å². The summed E-state index contributed by atoms with van der Waals surface area (Å²) < 4.78 is 8.50. The molecule has 2 fully saturated rings. The smallest absolute Gasteiger partial charge is 0.282 e. The van der Waals surface area contributed by atoms with Gasteiger partial charge in [-0.15, -0.1) is 11.3 Å². The van der Waals surface area contributed by atoms with E-state index in [-0.39, 0.29) is 11.8 Å². The summed E-state index contributed by atoms with van der Waals surface area (Å²) in [6, 6.07) is 5.49. The van der Waals surface area contributed by atoms with Crippen LogP contribution in [0.25, 0.3) is 10.2 Å². The van der Waals surface area contributed by atoms with E-state index in [2.05, 4.69) is 22.2 Å². The van der Waals surface area contributed by atoms with Crippen molar-refractivity contribution in [3.05, 3.63) is 41.6 Å². The molecule has 6 nitrogen and oxygen atoms in total. The van der Waals surface area contributed by atoms with Crippen molar-refractivity contribution in [2.24, 2.45) is 0 Å². The minimum absolute atomic E-state index is 0.138. The average Bonchev–Trinajstić information content (AvgIpc) is 3.17. The number of hydrogen-bond donors (Lipinski definition) is 2. The zero-order valence-electron chi connectivity index (χ0n) is 12.7. The number of thiazole rings is 1. The molecule has 1 aromatic heterocycles. The van der Waals surface area contributed by atoms with Crippen LogP contribution in [0.15, 0.2) is 36.6 Å². The maximum atomic E-state index is 12.7. The van der Waals surface area contributed by atoms with Crippen LogP contribution in [0.2, 0.25) is 0 Å². The van der Waals surface area contributed by atoms with Crippen LogP contribution in [-0.2, 0) is 4.79 Å². The van der Waals surface area contributed by atoms with E-state index >= 15 is 0 Å². The number of hydrogen-bond acceptors (Lipinski definition) is 5. The van der Waals surface area contributed by atoms with Gasteiger partial charge in [-0.1, -0.05) is 18.7 Å². The quantitative estimate of drug-likeness (QED) is 0.825. The molecule has 7 heteroatoms. The molecule has 0 aliphatic carbocycles. The summed E-state index contributed by atoms with van der Waals surface area (Å²) in [5.74, 6) is 0.162. The molecular weight excluding hydrogens is 300 g/mol. The lowest BCUT2D eigenvalue weighted by molar-refractivity contribution is -0.123. The fourth-order valence-electron chi connectivity index (χ4n) is 2.95. The second kappa shape index (κ2) is 4.54. The Hall–Kier alpha value is -2.41. The summed E-state index contributed by atoms with van der Waals surface area (Å²) in [5.41, 5.74) is -0.109. The molecule has 2 N–H and O–H groups in total. The van der Waals surface area contributed by atoms with Gasteiger partial charge in [-0.3, -0.25) is 9.59 Å². The van der Waals surface area contributed by atoms with Gasteiger partial charge in [0.1, 0.15) is 5.54 Å². The van der Waals surface area contributed by atoms with Gasteiger partial charge in [0.05, 0.1) is 24.0 Å². The van der Waals surface area contributed by atoms with E-state index in [1.165, 1.54) is 11.3 Å². The number of amides is 2. The first-order chi connectivity index (χ1) is 11.0. The second-order valence-corrected chi connectivity index (χ2v) is 6.56. The van der Waals surface area contributed by atoms with Crippen LogP contribution < -0.4 is 10.6 Å². The predicted octanol–water partition coefficient (Wildman–Crippen LogP) is 1.07. The molecule has 112 valence electrons. The Morgan fingerprint density at radius 1 is 1.55 bits per heavy atom. The number of para-hydroxylation sites is 1. The summed E-state index contributed by atoms with van der Waals surface area (Å²) in [5, 5.41) is 6.11. The van der Waals surface area contributed by atoms with Gasteiger partial charge < -0.3 is 15.5 Å². The van der Waals surface area contributed by atoms with Crippen LogP contribution in [0, 0.1) is 0 Å². The molecule has 0 radical (unpaired) electrons. The Bertz CT molecular complexity index is 864. The highest BCUT2D eigenvalue weighted by atomic mass is 32.1. The van der Waals surface area contributed by atoms with Gasteiger partial charge in [0.25, 0.3) is 11.8 Å². The highest BCUT2D eigenvalue weighted by molar-refractivity contribution is 7.20. The summed E-state index contributed by atoms with van der Waals surface area (Å²) in [6.07, 6.45) is 0.547. The van der Waals surface area contributed by atoms with E-state index in [4.69, 9.17) is 1.37 Å². The van der Waals surface area contributed by atoms with Crippen molar-refractivity contribution < 1.29 is 11.0 Å². The maximum Gasteiger partial charge on any atom is 0.282 e. The van der Waals surface area contributed by atoms with Crippen molar-refractivity contribution in [1.29, 1.82) is 0 Å². The Kier molecular flexibility index (Phi) is 2.51. The van der Waals surface area contributed by atoms with Crippen molar-refractivity contribution in [3.8, 4) is 0 Å². The molecule has 2 amide bonds. The van der Waals surface area contributed by atoms with E-state index in [1.54, 1.807) is 23.1 Å². The fraction of sp³-hybridized carbons (Fsp3) is 0.267. The van der Waals surface area contributed by atoms with E-state index in [0.717, 1.165) is 4.70 Å². The monoisotopic (exact) mass is 316 g/mol. The number of carbonyl (C=O) groups excluding carboxylic acids is 2. The van der Waals surface area contributed by atoms with E-state index in [9.17, 15) is 9.59 Å². The van der Waals surface area contributed by atoms with Crippen LogP contribution in [0.3, 0.4) is 0 Å². The Morgan fingerprint density at radius 3 is 3.18 bits per heavy atom. The van der Waals surface area contributed by atoms with Crippen molar-refractivity contribution in [1.82, 2.24) is 20.5 Å². The molecule has 1 spiro atoms. The van der Waals surface area contributed by atoms with Gasteiger partial charge in [-0.2, -0.15) is 0 Å². The SMILES string of the molecule is [3H]c1ccc2sc(C(=O)N3CCC4(C3)NC(=C)NC4=O)nc2c1. The van der Waals surface area contributed by atoms with Crippen LogP contribution >= 0.6 is 11.3 Å². The number of nitrogens with zero attached hydrogens (tertiary/aromatic N) is 2. The highest BCUT2D eigenvalue weighted by Crippen LogP contribution is 2.29. The molecule has 2 saturated heterocycles. The third-order valence-corrected chi connectivity index (χ3v) is 5.09. The van der Waals surface area contributed by atoms with Gasteiger partial charge in [-0.05, 0) is 18.6 Å². The molecule has 4 rings (SSSR count). The Labute approximate surface area is 132 Å². The first-order valence-electron chi connectivity index (χ1n) is 7.42. The Morgan fingerprint density at radius 2 is 2.41 bits per heavy atom. The number of likely N-dealkylation sites (tertiary alicyclic amines) is 1. The lowest BCUT2D eigenvalue weighted by Gasteiger charge is -2.21. The normalized spacial score (nSPS) is 24.7. The van der Waals surface area contributed by atoms with Gasteiger partial charge in [0.2, 0.25) is 0 Å². The predicted molar refractivity (Wildman–Crippen MR) is 83.3 cm³/mol. The standard InChI is InChI=1S/C15H14N4O2S/c1-9-16-14(21)15(18-9)6-7-19(8-15)13(20)12-17-10-4-2-3-5-11(10)22-12/h2-5,18H,1,6-8H2,(H,16,21)/i2T. The number of rotatable bonds is 1. The van der Waals surface area contributed by atoms with Crippen molar-refractivity contribution in [3.63, 3.8) is 0 Å².